The number of fused-ring (bicyclic) bond motifs is 1. The van der Waals surface area contributed by atoms with E-state index in [2.05, 4.69) is 9.97 Å². The number of nitro groups is 1. The number of benzene rings is 1. The molecular formula is C25H26Cl2N6O6. The molecule has 1 aliphatic carbocycles. The molecule has 2 aromatic rings. The number of amides is 1. The van der Waals surface area contributed by atoms with Crippen LogP contribution in [-0.2, 0) is 27.8 Å². The standard InChI is InChI=1S/C25H26Cl2N6O6/c1-14-5-6-17-16(19(14)26)4-3-8-25(17,22(34)39-2)12-18-20(33(37)38)21(30-23(27)29-18)31-10-11-32(24(35)36)15(13-31)7-9-28/h5-6,15H,3-4,7-8,10-13H2,1-2H3,(H,35,36)/t15-,25?/m0/s1. The number of carbonyl (C=O) groups is 2. The van der Waals surface area contributed by atoms with Gasteiger partial charge in [0.15, 0.2) is 0 Å². The Balaban J connectivity index is 1.84. The second-order valence-corrected chi connectivity index (χ2v) is 10.3. The van der Waals surface area contributed by atoms with E-state index in [9.17, 15) is 30.1 Å². The van der Waals surface area contributed by atoms with Crippen molar-refractivity contribution in [3.05, 3.63) is 54.9 Å². The van der Waals surface area contributed by atoms with E-state index in [1.807, 2.05) is 13.0 Å². The molecule has 1 aromatic carbocycles. The quantitative estimate of drug-likeness (QED) is 0.229. The average molecular weight is 577 g/mol. The molecular weight excluding hydrogens is 551 g/mol. The summed E-state index contributed by atoms with van der Waals surface area (Å²) in [6.45, 7) is 1.95. The van der Waals surface area contributed by atoms with Gasteiger partial charge in [-0.15, -0.1) is 0 Å². The fourth-order valence-corrected chi connectivity index (χ4v) is 6.09. The summed E-state index contributed by atoms with van der Waals surface area (Å²) in [5, 5.41) is 31.5. The maximum absolute atomic E-state index is 13.4. The van der Waals surface area contributed by atoms with E-state index in [1.54, 1.807) is 12.1 Å². The van der Waals surface area contributed by atoms with Crippen molar-refractivity contribution >= 4 is 46.8 Å². The zero-order valence-corrected chi connectivity index (χ0v) is 22.8. The van der Waals surface area contributed by atoms with Gasteiger partial charge < -0.3 is 19.6 Å². The van der Waals surface area contributed by atoms with E-state index in [0.29, 0.717) is 29.8 Å². The van der Waals surface area contributed by atoms with E-state index < -0.39 is 34.1 Å². The number of aryl methyl sites for hydroxylation is 1. The van der Waals surface area contributed by atoms with Gasteiger partial charge in [-0.3, -0.25) is 14.9 Å². The van der Waals surface area contributed by atoms with Crippen LogP contribution in [0.4, 0.5) is 16.3 Å². The number of carbonyl (C=O) groups excluding carboxylic acids is 1. The van der Waals surface area contributed by atoms with Gasteiger partial charge in [0.1, 0.15) is 5.69 Å². The average Bonchev–Trinajstić information content (AvgIpc) is 2.89. The van der Waals surface area contributed by atoms with Crippen molar-refractivity contribution < 1.29 is 24.4 Å². The van der Waals surface area contributed by atoms with Gasteiger partial charge in [0, 0.05) is 31.1 Å². The van der Waals surface area contributed by atoms with Crippen LogP contribution < -0.4 is 4.90 Å². The molecule has 1 fully saturated rings. The van der Waals surface area contributed by atoms with E-state index in [1.165, 1.54) is 12.0 Å². The van der Waals surface area contributed by atoms with Gasteiger partial charge in [0.25, 0.3) is 0 Å². The lowest BCUT2D eigenvalue weighted by molar-refractivity contribution is -0.385. The van der Waals surface area contributed by atoms with Gasteiger partial charge in [-0.1, -0.05) is 23.7 Å². The molecule has 0 saturated carbocycles. The molecule has 1 saturated heterocycles. The van der Waals surface area contributed by atoms with Gasteiger partial charge in [0.2, 0.25) is 11.1 Å². The summed E-state index contributed by atoms with van der Waals surface area (Å²) in [5.74, 6) is -0.668. The number of halogens is 2. The first-order chi connectivity index (χ1) is 18.5. The Hall–Kier alpha value is -3.69. The number of rotatable bonds is 6. The summed E-state index contributed by atoms with van der Waals surface area (Å²) < 4.78 is 5.21. The van der Waals surface area contributed by atoms with Crippen molar-refractivity contribution in [2.45, 2.75) is 50.5 Å². The minimum Gasteiger partial charge on any atom is -0.468 e. The van der Waals surface area contributed by atoms with Crippen molar-refractivity contribution in [1.29, 1.82) is 5.26 Å². The van der Waals surface area contributed by atoms with Gasteiger partial charge >= 0.3 is 17.7 Å². The number of ether oxygens (including phenoxy) is 1. The number of esters is 1. The summed E-state index contributed by atoms with van der Waals surface area (Å²) in [5.41, 5.74) is 0.480. The Kier molecular flexibility index (Phi) is 8.13. The zero-order valence-electron chi connectivity index (χ0n) is 21.3. The molecule has 4 rings (SSSR count). The number of piperazine rings is 1. The van der Waals surface area contributed by atoms with Crippen LogP contribution in [0.25, 0.3) is 0 Å². The van der Waals surface area contributed by atoms with Crippen LogP contribution in [0.1, 0.15) is 41.6 Å². The number of nitrogens with zero attached hydrogens (tertiary/aromatic N) is 6. The van der Waals surface area contributed by atoms with Gasteiger partial charge in [-0.05, 0) is 54.5 Å². The molecule has 12 nitrogen and oxygen atoms in total. The topological polar surface area (TPSA) is 163 Å². The second-order valence-electron chi connectivity index (χ2n) is 9.63. The predicted molar refractivity (Wildman–Crippen MR) is 141 cm³/mol. The minimum atomic E-state index is -1.30. The van der Waals surface area contributed by atoms with Crippen LogP contribution in [0.2, 0.25) is 10.3 Å². The summed E-state index contributed by atoms with van der Waals surface area (Å²) in [6, 6.07) is 4.84. The van der Waals surface area contributed by atoms with E-state index in [-0.39, 0.29) is 49.3 Å². The van der Waals surface area contributed by atoms with Crippen molar-refractivity contribution in [2.24, 2.45) is 0 Å². The van der Waals surface area contributed by atoms with Gasteiger partial charge in [-0.2, -0.15) is 10.2 Å². The molecule has 1 unspecified atom stereocenters. The number of hydrogen-bond acceptors (Lipinski definition) is 9. The lowest BCUT2D eigenvalue weighted by atomic mass is 9.67. The molecule has 2 heterocycles. The molecule has 39 heavy (non-hydrogen) atoms. The Morgan fingerprint density at radius 3 is 2.72 bits per heavy atom. The highest BCUT2D eigenvalue weighted by Crippen LogP contribution is 2.46. The van der Waals surface area contributed by atoms with Gasteiger partial charge in [0.05, 0.1) is 36.0 Å². The molecule has 0 radical (unpaired) electrons. The van der Waals surface area contributed by atoms with Crippen LogP contribution in [0.15, 0.2) is 12.1 Å². The smallest absolute Gasteiger partial charge is 0.407 e. The van der Waals surface area contributed by atoms with Crippen molar-refractivity contribution in [3.63, 3.8) is 0 Å². The maximum atomic E-state index is 13.4. The van der Waals surface area contributed by atoms with Crippen molar-refractivity contribution in [1.82, 2.24) is 14.9 Å². The summed E-state index contributed by atoms with van der Waals surface area (Å²) in [7, 11) is 1.26. The number of methoxy groups -OCH3 is 1. The SMILES string of the molecule is COC(=O)C1(Cc2nc(Cl)nc(N3CCN(C(=O)O)[C@@H](CC#N)C3)c2[N+](=O)[O-])CCCc2c1ccc(C)c2Cl. The first-order valence-electron chi connectivity index (χ1n) is 12.2. The molecule has 1 N–H and O–H groups in total. The number of anilines is 1. The molecule has 14 heteroatoms. The lowest BCUT2D eigenvalue weighted by Crippen LogP contribution is -2.55. The van der Waals surface area contributed by atoms with E-state index in [4.69, 9.17) is 27.9 Å². The van der Waals surface area contributed by atoms with Crippen LogP contribution in [0.3, 0.4) is 0 Å². The molecule has 206 valence electrons. The summed E-state index contributed by atoms with van der Waals surface area (Å²) in [4.78, 5) is 47.9. The fraction of sp³-hybridized carbons (Fsp3) is 0.480. The third kappa shape index (κ3) is 5.16. The minimum absolute atomic E-state index is 0.00660. The Morgan fingerprint density at radius 1 is 1.33 bits per heavy atom. The van der Waals surface area contributed by atoms with Crippen LogP contribution in [0, 0.1) is 28.4 Å². The predicted octanol–water partition coefficient (Wildman–Crippen LogP) is 4.07. The monoisotopic (exact) mass is 576 g/mol. The molecule has 2 aliphatic rings. The lowest BCUT2D eigenvalue weighted by Gasteiger charge is -2.39. The normalized spacial score (nSPS) is 20.6. The molecule has 1 amide bonds. The first kappa shape index (κ1) is 28.3. The number of nitriles is 1. The summed E-state index contributed by atoms with van der Waals surface area (Å²) in [6.07, 6.45) is 0.106. The van der Waals surface area contributed by atoms with E-state index in [0.717, 1.165) is 16.0 Å². The summed E-state index contributed by atoms with van der Waals surface area (Å²) >= 11 is 12.9. The Bertz CT molecular complexity index is 1380. The van der Waals surface area contributed by atoms with Crippen molar-refractivity contribution in [3.8, 4) is 6.07 Å². The number of aromatic nitrogens is 2. The first-order valence-corrected chi connectivity index (χ1v) is 13.0. The largest absolute Gasteiger partial charge is 0.468 e. The van der Waals surface area contributed by atoms with Crippen LogP contribution in [0.5, 0.6) is 0 Å². The highest BCUT2D eigenvalue weighted by molar-refractivity contribution is 6.32. The maximum Gasteiger partial charge on any atom is 0.407 e. The zero-order chi connectivity index (χ0) is 28.5. The fourth-order valence-electron chi connectivity index (χ4n) is 5.65. The third-order valence-electron chi connectivity index (χ3n) is 7.48. The Labute approximate surface area is 234 Å². The highest BCUT2D eigenvalue weighted by atomic mass is 35.5. The molecule has 0 bridgehead atoms. The molecule has 2 atom stereocenters. The van der Waals surface area contributed by atoms with Crippen LogP contribution >= 0.6 is 23.2 Å². The third-order valence-corrected chi connectivity index (χ3v) is 8.17. The van der Waals surface area contributed by atoms with Crippen molar-refractivity contribution in [2.75, 3.05) is 31.6 Å². The number of hydrogen-bond donors (Lipinski definition) is 1. The Morgan fingerprint density at radius 2 is 2.08 bits per heavy atom. The molecule has 1 aromatic heterocycles. The van der Waals surface area contributed by atoms with Gasteiger partial charge in [-0.25, -0.2) is 9.78 Å². The molecule has 0 spiro atoms. The van der Waals surface area contributed by atoms with Crippen LogP contribution in [-0.4, -0.2) is 69.7 Å². The van der Waals surface area contributed by atoms with E-state index >= 15 is 0 Å². The second kappa shape index (κ2) is 11.2. The molecule has 1 aliphatic heterocycles. The highest BCUT2D eigenvalue weighted by Gasteiger charge is 2.48. The number of carboxylic acid groups (broad SMARTS) is 1.